The van der Waals surface area contributed by atoms with E-state index in [2.05, 4.69) is 4.90 Å². The van der Waals surface area contributed by atoms with Crippen LogP contribution in [0.5, 0.6) is 11.5 Å². The first-order valence-electron chi connectivity index (χ1n) is 10.6. The van der Waals surface area contributed by atoms with Gasteiger partial charge in [0, 0.05) is 50.2 Å². The second-order valence-electron chi connectivity index (χ2n) is 7.81. The van der Waals surface area contributed by atoms with E-state index in [1.54, 1.807) is 11.7 Å². The third-order valence-electron chi connectivity index (χ3n) is 6.11. The van der Waals surface area contributed by atoms with E-state index >= 15 is 0 Å². The van der Waals surface area contributed by atoms with E-state index in [1.165, 1.54) is 13.2 Å². The summed E-state index contributed by atoms with van der Waals surface area (Å²) in [6.07, 6.45) is 3.75. The highest BCUT2D eigenvalue weighted by Crippen LogP contribution is 2.27. The third kappa shape index (κ3) is 3.88. The Bertz CT molecular complexity index is 960. The Labute approximate surface area is 176 Å². The van der Waals surface area contributed by atoms with Gasteiger partial charge in [0.2, 0.25) is 0 Å². The van der Waals surface area contributed by atoms with Crippen molar-refractivity contribution in [1.82, 2.24) is 9.47 Å². The molecule has 0 saturated carbocycles. The van der Waals surface area contributed by atoms with Crippen molar-refractivity contribution in [2.45, 2.75) is 32.2 Å². The normalized spacial score (nSPS) is 16.6. The minimum Gasteiger partial charge on any atom is -0.497 e. The van der Waals surface area contributed by atoms with Gasteiger partial charge in [0.05, 0.1) is 14.2 Å². The molecule has 7 heteroatoms. The van der Waals surface area contributed by atoms with Crippen LogP contribution in [0.25, 0.3) is 0 Å². The second-order valence-corrected chi connectivity index (χ2v) is 7.81. The molecule has 1 aromatic carbocycles. The molecule has 0 N–H and O–H groups in total. The Kier molecular flexibility index (Phi) is 5.97. The van der Waals surface area contributed by atoms with Gasteiger partial charge < -0.3 is 23.8 Å². The summed E-state index contributed by atoms with van der Waals surface area (Å²) in [5.41, 5.74) is 2.45. The van der Waals surface area contributed by atoms with Crippen LogP contribution in [0.2, 0.25) is 0 Å². The topological polar surface area (TPSA) is 64.0 Å². The van der Waals surface area contributed by atoms with E-state index in [1.807, 2.05) is 29.2 Å². The molecule has 1 saturated heterocycles. The van der Waals surface area contributed by atoms with Gasteiger partial charge >= 0.3 is 0 Å². The molecule has 30 heavy (non-hydrogen) atoms. The molecular weight excluding hydrogens is 382 g/mol. The summed E-state index contributed by atoms with van der Waals surface area (Å²) in [7, 11) is 3.19. The van der Waals surface area contributed by atoms with Crippen LogP contribution in [0.3, 0.4) is 0 Å². The second kappa shape index (κ2) is 8.81. The fraction of sp³-hybridized carbons (Fsp3) is 0.478. The molecule has 7 nitrogen and oxygen atoms in total. The molecule has 1 amide bonds. The number of pyridine rings is 1. The van der Waals surface area contributed by atoms with Crippen LogP contribution in [0.15, 0.2) is 35.1 Å². The average molecular weight is 412 g/mol. The number of anilines is 1. The highest BCUT2D eigenvalue weighted by Gasteiger charge is 2.29. The third-order valence-corrected chi connectivity index (χ3v) is 6.11. The van der Waals surface area contributed by atoms with Crippen LogP contribution in [-0.4, -0.2) is 55.8 Å². The molecule has 0 atom stereocenters. The summed E-state index contributed by atoms with van der Waals surface area (Å²) in [6.45, 7) is 3.45. The zero-order chi connectivity index (χ0) is 21.1. The maximum Gasteiger partial charge on any atom is 0.259 e. The molecule has 3 heterocycles. The highest BCUT2D eigenvalue weighted by molar-refractivity contribution is 5.98. The van der Waals surface area contributed by atoms with E-state index < -0.39 is 0 Å². The number of amides is 1. The number of carbonyl (C=O) groups excluding carboxylic acids is 1. The zero-order valence-corrected chi connectivity index (χ0v) is 17.7. The lowest BCUT2D eigenvalue weighted by Gasteiger charge is -2.36. The predicted molar refractivity (Wildman–Crippen MR) is 116 cm³/mol. The van der Waals surface area contributed by atoms with E-state index in [4.69, 9.17) is 9.47 Å². The molecule has 2 aliphatic rings. The van der Waals surface area contributed by atoms with Gasteiger partial charge in [-0.3, -0.25) is 9.59 Å². The summed E-state index contributed by atoms with van der Waals surface area (Å²) >= 11 is 0. The number of benzene rings is 1. The van der Waals surface area contributed by atoms with Crippen LogP contribution in [0, 0.1) is 0 Å². The van der Waals surface area contributed by atoms with Gasteiger partial charge in [-0.2, -0.15) is 0 Å². The number of nitrogens with zero attached hydrogens (tertiary/aromatic N) is 3. The average Bonchev–Trinajstić information content (AvgIpc) is 3.05. The molecule has 0 unspecified atom stereocenters. The maximum atomic E-state index is 13.5. The number of methoxy groups -OCH3 is 2. The minimum absolute atomic E-state index is 0.0353. The molecule has 0 radical (unpaired) electrons. The Morgan fingerprint density at radius 1 is 0.900 bits per heavy atom. The zero-order valence-electron chi connectivity index (χ0n) is 17.7. The van der Waals surface area contributed by atoms with Crippen molar-refractivity contribution in [3.8, 4) is 11.5 Å². The summed E-state index contributed by atoms with van der Waals surface area (Å²) in [6, 6.07) is 9.46. The molecular formula is C23H29N3O4. The molecule has 1 fully saturated rings. The van der Waals surface area contributed by atoms with Gasteiger partial charge in [-0.05, 0) is 43.5 Å². The van der Waals surface area contributed by atoms with Crippen LogP contribution in [-0.2, 0) is 13.0 Å². The van der Waals surface area contributed by atoms with Gasteiger partial charge in [0.1, 0.15) is 17.1 Å². The Morgan fingerprint density at radius 2 is 1.63 bits per heavy atom. The van der Waals surface area contributed by atoms with Crippen molar-refractivity contribution in [1.29, 1.82) is 0 Å². The SMILES string of the molecule is COc1ccc(N2CCN(C(=O)c3c(OC)cc(=O)n4c3CCCCC4)CC2)cc1. The van der Waals surface area contributed by atoms with Crippen molar-refractivity contribution in [2.75, 3.05) is 45.3 Å². The highest BCUT2D eigenvalue weighted by atomic mass is 16.5. The molecule has 160 valence electrons. The summed E-state index contributed by atoms with van der Waals surface area (Å²) in [5.74, 6) is 1.20. The number of carbonyl (C=O) groups is 1. The van der Waals surface area contributed by atoms with E-state index in [0.717, 1.165) is 55.9 Å². The molecule has 1 aromatic heterocycles. The number of hydrogen-bond acceptors (Lipinski definition) is 5. The van der Waals surface area contributed by atoms with Crippen LogP contribution >= 0.6 is 0 Å². The first-order valence-corrected chi connectivity index (χ1v) is 10.6. The number of piperazine rings is 1. The van der Waals surface area contributed by atoms with Crippen molar-refractivity contribution < 1.29 is 14.3 Å². The monoisotopic (exact) mass is 411 g/mol. The Morgan fingerprint density at radius 3 is 2.30 bits per heavy atom. The number of fused-ring (bicyclic) bond motifs is 1. The first-order chi connectivity index (χ1) is 14.6. The van der Waals surface area contributed by atoms with Crippen molar-refractivity contribution in [2.24, 2.45) is 0 Å². The standard InChI is InChI=1S/C23H29N3O4/c1-29-18-9-7-17(8-10-18)24-12-14-25(15-13-24)23(28)22-19-6-4-3-5-11-26(19)21(27)16-20(22)30-2/h7-10,16H,3-6,11-15H2,1-2H3. The predicted octanol–water partition coefficient (Wildman–Crippen LogP) is 2.55. The summed E-state index contributed by atoms with van der Waals surface area (Å²) in [5, 5.41) is 0. The lowest BCUT2D eigenvalue weighted by Crippen LogP contribution is -2.49. The lowest BCUT2D eigenvalue weighted by atomic mass is 10.1. The first kappa shape index (κ1) is 20.3. The van der Waals surface area contributed by atoms with Crippen LogP contribution in [0.4, 0.5) is 5.69 Å². The van der Waals surface area contributed by atoms with E-state index in [-0.39, 0.29) is 11.5 Å². The van der Waals surface area contributed by atoms with Crippen molar-refractivity contribution >= 4 is 11.6 Å². The molecule has 2 aromatic rings. The molecule has 0 bridgehead atoms. The van der Waals surface area contributed by atoms with Crippen molar-refractivity contribution in [3.63, 3.8) is 0 Å². The quantitative estimate of drug-likeness (QED) is 0.774. The van der Waals surface area contributed by atoms with Gasteiger partial charge in [0.25, 0.3) is 11.5 Å². The molecule has 2 aliphatic heterocycles. The summed E-state index contributed by atoms with van der Waals surface area (Å²) in [4.78, 5) is 30.2. The van der Waals surface area contributed by atoms with Gasteiger partial charge in [0.15, 0.2) is 0 Å². The van der Waals surface area contributed by atoms with Crippen molar-refractivity contribution in [3.05, 3.63) is 51.9 Å². The smallest absolute Gasteiger partial charge is 0.259 e. The number of hydrogen-bond donors (Lipinski definition) is 0. The largest absolute Gasteiger partial charge is 0.497 e. The molecule has 4 rings (SSSR count). The van der Waals surface area contributed by atoms with Crippen LogP contribution < -0.4 is 19.9 Å². The van der Waals surface area contributed by atoms with Crippen LogP contribution in [0.1, 0.15) is 35.3 Å². The Hall–Kier alpha value is -2.96. The van der Waals surface area contributed by atoms with Gasteiger partial charge in [-0.1, -0.05) is 6.42 Å². The summed E-state index contributed by atoms with van der Waals surface area (Å²) < 4.78 is 12.5. The Balaban J connectivity index is 1.55. The minimum atomic E-state index is -0.0791. The number of aromatic nitrogens is 1. The lowest BCUT2D eigenvalue weighted by molar-refractivity contribution is 0.0741. The van der Waals surface area contributed by atoms with E-state index in [9.17, 15) is 9.59 Å². The van der Waals surface area contributed by atoms with E-state index in [0.29, 0.717) is 30.9 Å². The number of rotatable bonds is 4. The fourth-order valence-corrected chi connectivity index (χ4v) is 4.43. The van der Waals surface area contributed by atoms with Gasteiger partial charge in [-0.15, -0.1) is 0 Å². The molecule has 0 spiro atoms. The maximum absolute atomic E-state index is 13.5. The number of ether oxygens (including phenoxy) is 2. The molecule has 0 aliphatic carbocycles. The fourth-order valence-electron chi connectivity index (χ4n) is 4.43. The van der Waals surface area contributed by atoms with Gasteiger partial charge in [-0.25, -0.2) is 0 Å².